The molecule has 1 N–H and O–H groups in total. The summed E-state index contributed by atoms with van der Waals surface area (Å²) in [6.07, 6.45) is 2.58. The van der Waals surface area contributed by atoms with Crippen LogP contribution >= 0.6 is 0 Å². The van der Waals surface area contributed by atoms with Gasteiger partial charge in [-0.2, -0.15) is 0 Å². The highest BCUT2D eigenvalue weighted by atomic mass is 16.5. The Hall–Kier alpha value is -2.04. The predicted octanol–water partition coefficient (Wildman–Crippen LogP) is 1.70. The number of hydrogen-bond donors (Lipinski definition) is 1. The van der Waals surface area contributed by atoms with Gasteiger partial charge < -0.3 is 14.7 Å². The van der Waals surface area contributed by atoms with Gasteiger partial charge in [-0.25, -0.2) is 0 Å². The molecule has 1 saturated carbocycles. The van der Waals surface area contributed by atoms with Gasteiger partial charge in [-0.15, -0.1) is 0 Å². The van der Waals surface area contributed by atoms with Crippen molar-refractivity contribution in [1.29, 1.82) is 0 Å². The van der Waals surface area contributed by atoms with Crippen LogP contribution < -0.4 is 4.74 Å². The number of aliphatic carboxylic acids is 1. The summed E-state index contributed by atoms with van der Waals surface area (Å²) in [7, 11) is 0. The fourth-order valence-corrected chi connectivity index (χ4v) is 2.11. The minimum Gasteiger partial charge on any atom is -0.483 e. The van der Waals surface area contributed by atoms with Gasteiger partial charge in [0, 0.05) is 6.04 Å². The molecule has 20 heavy (non-hydrogen) atoms. The van der Waals surface area contributed by atoms with Crippen LogP contribution in [0.1, 0.15) is 25.3 Å². The molecule has 108 valence electrons. The van der Waals surface area contributed by atoms with E-state index in [0.717, 1.165) is 24.8 Å². The van der Waals surface area contributed by atoms with E-state index in [1.165, 1.54) is 4.90 Å². The van der Waals surface area contributed by atoms with Gasteiger partial charge in [-0.1, -0.05) is 25.1 Å². The summed E-state index contributed by atoms with van der Waals surface area (Å²) in [5.74, 6) is -0.561. The van der Waals surface area contributed by atoms with Crippen molar-refractivity contribution in [2.24, 2.45) is 0 Å². The Labute approximate surface area is 118 Å². The van der Waals surface area contributed by atoms with E-state index in [1.54, 1.807) is 0 Å². The Morgan fingerprint density at radius 1 is 1.35 bits per heavy atom. The summed E-state index contributed by atoms with van der Waals surface area (Å²) < 4.78 is 5.55. The van der Waals surface area contributed by atoms with E-state index in [2.05, 4.69) is 0 Å². The highest BCUT2D eigenvalue weighted by Crippen LogP contribution is 2.27. The van der Waals surface area contributed by atoms with Crippen molar-refractivity contribution < 1.29 is 19.4 Å². The highest BCUT2D eigenvalue weighted by molar-refractivity contribution is 5.83. The third-order valence-corrected chi connectivity index (χ3v) is 3.32. The number of ether oxygens (including phenoxy) is 1. The normalized spacial score (nSPS) is 13.8. The molecule has 0 unspecified atom stereocenters. The number of benzene rings is 1. The number of nitrogens with zero attached hydrogens (tertiary/aromatic N) is 1. The molecule has 0 heterocycles. The first-order valence-electron chi connectivity index (χ1n) is 6.83. The number of carbonyl (C=O) groups excluding carboxylic acids is 1. The van der Waals surface area contributed by atoms with Crippen LogP contribution in [0, 0.1) is 0 Å². The third-order valence-electron chi connectivity index (χ3n) is 3.32. The van der Waals surface area contributed by atoms with Crippen LogP contribution in [0.15, 0.2) is 24.3 Å². The van der Waals surface area contributed by atoms with Gasteiger partial charge in [-0.3, -0.25) is 9.59 Å². The molecule has 0 spiro atoms. The predicted molar refractivity (Wildman–Crippen MR) is 73.7 cm³/mol. The molecular weight excluding hydrogens is 258 g/mol. The molecule has 5 heteroatoms. The summed E-state index contributed by atoms with van der Waals surface area (Å²) in [5.41, 5.74) is 1.04. The fraction of sp³-hybridized carbons (Fsp3) is 0.467. The lowest BCUT2D eigenvalue weighted by Crippen LogP contribution is -2.40. The van der Waals surface area contributed by atoms with Crippen LogP contribution in [0.25, 0.3) is 0 Å². The van der Waals surface area contributed by atoms with E-state index in [4.69, 9.17) is 9.84 Å². The maximum atomic E-state index is 12.1. The van der Waals surface area contributed by atoms with Crippen LogP contribution in [-0.4, -0.2) is 41.1 Å². The second-order valence-corrected chi connectivity index (χ2v) is 4.90. The number of rotatable bonds is 7. The molecule has 1 aromatic carbocycles. The van der Waals surface area contributed by atoms with Crippen LogP contribution in [0.5, 0.6) is 5.75 Å². The Morgan fingerprint density at radius 3 is 2.65 bits per heavy atom. The molecule has 0 aliphatic heterocycles. The Balaban J connectivity index is 1.94. The molecule has 2 rings (SSSR count). The van der Waals surface area contributed by atoms with Crippen molar-refractivity contribution in [1.82, 2.24) is 4.90 Å². The lowest BCUT2D eigenvalue weighted by atomic mass is 10.1. The zero-order valence-corrected chi connectivity index (χ0v) is 11.5. The molecule has 0 radical (unpaired) electrons. The van der Waals surface area contributed by atoms with Gasteiger partial charge in [0.2, 0.25) is 0 Å². The first kappa shape index (κ1) is 14.4. The first-order chi connectivity index (χ1) is 9.61. The topological polar surface area (TPSA) is 66.8 Å². The fourth-order valence-electron chi connectivity index (χ4n) is 2.11. The molecule has 5 nitrogen and oxygen atoms in total. The van der Waals surface area contributed by atoms with E-state index in [-0.39, 0.29) is 25.1 Å². The average molecular weight is 277 g/mol. The molecule has 1 aromatic rings. The SMILES string of the molecule is CCc1ccccc1OCC(=O)N(CC(=O)O)C1CC1. The minimum atomic E-state index is -0.987. The van der Waals surface area contributed by atoms with Crippen molar-refractivity contribution in [3.63, 3.8) is 0 Å². The Kier molecular flexibility index (Phi) is 4.61. The average Bonchev–Trinajstić information content (AvgIpc) is 3.26. The largest absolute Gasteiger partial charge is 0.483 e. The molecule has 1 aliphatic carbocycles. The van der Waals surface area contributed by atoms with E-state index < -0.39 is 5.97 Å². The zero-order valence-electron chi connectivity index (χ0n) is 11.5. The number of carbonyl (C=O) groups is 2. The van der Waals surface area contributed by atoms with Crippen LogP contribution in [0.4, 0.5) is 0 Å². The van der Waals surface area contributed by atoms with E-state index in [0.29, 0.717) is 5.75 Å². The van der Waals surface area contributed by atoms with Crippen molar-refractivity contribution in [2.45, 2.75) is 32.2 Å². The van der Waals surface area contributed by atoms with Crippen LogP contribution in [0.2, 0.25) is 0 Å². The van der Waals surface area contributed by atoms with Crippen molar-refractivity contribution in [3.8, 4) is 5.75 Å². The van der Waals surface area contributed by atoms with Gasteiger partial charge in [0.25, 0.3) is 5.91 Å². The summed E-state index contributed by atoms with van der Waals surface area (Å²) in [4.78, 5) is 24.3. The van der Waals surface area contributed by atoms with Gasteiger partial charge in [0.1, 0.15) is 12.3 Å². The molecule has 1 fully saturated rings. The molecule has 1 amide bonds. The number of carboxylic acids is 1. The van der Waals surface area contributed by atoms with Gasteiger partial charge in [0.15, 0.2) is 6.61 Å². The van der Waals surface area contributed by atoms with Crippen LogP contribution in [-0.2, 0) is 16.0 Å². The Morgan fingerprint density at radius 2 is 2.05 bits per heavy atom. The van der Waals surface area contributed by atoms with E-state index >= 15 is 0 Å². The van der Waals surface area contributed by atoms with Crippen molar-refractivity contribution in [2.75, 3.05) is 13.2 Å². The molecule has 1 aliphatic rings. The second kappa shape index (κ2) is 6.41. The maximum absolute atomic E-state index is 12.1. The molecule has 0 saturated heterocycles. The first-order valence-corrected chi connectivity index (χ1v) is 6.83. The smallest absolute Gasteiger partial charge is 0.323 e. The number of hydrogen-bond acceptors (Lipinski definition) is 3. The lowest BCUT2D eigenvalue weighted by molar-refractivity contribution is -0.145. The van der Waals surface area contributed by atoms with E-state index in [9.17, 15) is 9.59 Å². The number of amides is 1. The number of para-hydroxylation sites is 1. The molecule has 0 bridgehead atoms. The van der Waals surface area contributed by atoms with Gasteiger partial charge in [0.05, 0.1) is 0 Å². The lowest BCUT2D eigenvalue weighted by Gasteiger charge is -2.20. The Bertz CT molecular complexity index is 496. The third kappa shape index (κ3) is 3.73. The summed E-state index contributed by atoms with van der Waals surface area (Å²) in [6.45, 7) is 1.66. The standard InChI is InChI=1S/C15H19NO4/c1-2-11-5-3-4-6-13(11)20-10-14(17)16(9-15(18)19)12-7-8-12/h3-6,12H,2,7-10H2,1H3,(H,18,19). The molecule has 0 atom stereocenters. The summed E-state index contributed by atoms with van der Waals surface area (Å²) in [6, 6.07) is 7.63. The van der Waals surface area contributed by atoms with Gasteiger partial charge >= 0.3 is 5.97 Å². The minimum absolute atomic E-state index is 0.0728. The summed E-state index contributed by atoms with van der Waals surface area (Å²) >= 11 is 0. The number of aryl methyl sites for hydroxylation is 1. The highest BCUT2D eigenvalue weighted by Gasteiger charge is 2.33. The zero-order chi connectivity index (χ0) is 14.5. The molecular formula is C15H19NO4. The number of carboxylic acid groups (broad SMARTS) is 1. The summed E-state index contributed by atoms with van der Waals surface area (Å²) in [5, 5.41) is 8.84. The monoisotopic (exact) mass is 277 g/mol. The second-order valence-electron chi connectivity index (χ2n) is 4.90. The van der Waals surface area contributed by atoms with Gasteiger partial charge in [-0.05, 0) is 30.9 Å². The van der Waals surface area contributed by atoms with E-state index in [1.807, 2.05) is 31.2 Å². The van der Waals surface area contributed by atoms with Crippen LogP contribution in [0.3, 0.4) is 0 Å². The molecule has 0 aromatic heterocycles. The van der Waals surface area contributed by atoms with Crippen molar-refractivity contribution >= 4 is 11.9 Å². The van der Waals surface area contributed by atoms with Crippen molar-refractivity contribution in [3.05, 3.63) is 29.8 Å². The maximum Gasteiger partial charge on any atom is 0.323 e. The quantitative estimate of drug-likeness (QED) is 0.823.